The van der Waals surface area contributed by atoms with Gasteiger partial charge in [0.05, 0.1) is 13.2 Å². The normalized spacial score (nSPS) is 13.5. The summed E-state index contributed by atoms with van der Waals surface area (Å²) in [4.78, 5) is 23.8. The van der Waals surface area contributed by atoms with Crippen LogP contribution in [-0.4, -0.2) is 37.1 Å². The fourth-order valence-corrected chi connectivity index (χ4v) is 2.20. The van der Waals surface area contributed by atoms with Crippen molar-refractivity contribution in [3.05, 3.63) is 35.9 Å². The topological polar surface area (TPSA) is 67.4 Å². The molecule has 0 bridgehead atoms. The summed E-state index contributed by atoms with van der Waals surface area (Å²) in [5, 5.41) is 5.94. The molecule has 22 heavy (non-hydrogen) atoms. The van der Waals surface area contributed by atoms with Crippen LogP contribution in [-0.2, 0) is 20.7 Å². The van der Waals surface area contributed by atoms with E-state index in [4.69, 9.17) is 0 Å². The number of nitrogens with one attached hydrogen (secondary N) is 2. The summed E-state index contributed by atoms with van der Waals surface area (Å²) in [6.07, 6.45) is 1.47. The highest BCUT2D eigenvalue weighted by Crippen LogP contribution is 2.06. The summed E-state index contributed by atoms with van der Waals surface area (Å²) in [7, 11) is 1.31. The summed E-state index contributed by atoms with van der Waals surface area (Å²) in [5.74, 6) is -0.623. The van der Waals surface area contributed by atoms with Gasteiger partial charge in [-0.05, 0) is 25.3 Å². The van der Waals surface area contributed by atoms with Gasteiger partial charge in [-0.15, -0.1) is 0 Å². The first-order valence-corrected chi connectivity index (χ1v) is 7.62. The third-order valence-corrected chi connectivity index (χ3v) is 3.33. The SMILES string of the molecule is COC(=O)[C@H](C)NC(=O)[C@@H](CCc1ccccc1)NC(C)C. The molecule has 0 aliphatic rings. The van der Waals surface area contributed by atoms with E-state index in [1.807, 2.05) is 44.2 Å². The van der Waals surface area contributed by atoms with Gasteiger partial charge in [-0.25, -0.2) is 4.79 Å². The Balaban J connectivity index is 2.62. The molecule has 5 nitrogen and oxygen atoms in total. The van der Waals surface area contributed by atoms with E-state index in [1.165, 1.54) is 12.7 Å². The minimum Gasteiger partial charge on any atom is -0.467 e. The Bertz CT molecular complexity index is 474. The minimum absolute atomic E-state index is 0.178. The lowest BCUT2D eigenvalue weighted by Crippen LogP contribution is -2.51. The smallest absolute Gasteiger partial charge is 0.328 e. The molecule has 0 saturated heterocycles. The van der Waals surface area contributed by atoms with Gasteiger partial charge in [0.15, 0.2) is 0 Å². The maximum Gasteiger partial charge on any atom is 0.328 e. The van der Waals surface area contributed by atoms with Crippen LogP contribution < -0.4 is 10.6 Å². The molecule has 122 valence electrons. The van der Waals surface area contributed by atoms with E-state index in [0.29, 0.717) is 6.42 Å². The number of hydrogen-bond acceptors (Lipinski definition) is 4. The van der Waals surface area contributed by atoms with Crippen molar-refractivity contribution in [2.45, 2.75) is 51.7 Å². The van der Waals surface area contributed by atoms with Crippen LogP contribution in [0.2, 0.25) is 0 Å². The van der Waals surface area contributed by atoms with E-state index in [0.717, 1.165) is 6.42 Å². The van der Waals surface area contributed by atoms with Crippen LogP contribution in [0.15, 0.2) is 30.3 Å². The first-order valence-electron chi connectivity index (χ1n) is 7.62. The molecule has 0 fully saturated rings. The van der Waals surface area contributed by atoms with Crippen LogP contribution in [0.5, 0.6) is 0 Å². The van der Waals surface area contributed by atoms with E-state index in [2.05, 4.69) is 15.4 Å². The van der Waals surface area contributed by atoms with E-state index < -0.39 is 12.0 Å². The number of aryl methyl sites for hydroxylation is 1. The van der Waals surface area contributed by atoms with Gasteiger partial charge in [-0.3, -0.25) is 4.79 Å². The monoisotopic (exact) mass is 306 g/mol. The number of hydrogen-bond donors (Lipinski definition) is 2. The highest BCUT2D eigenvalue weighted by molar-refractivity contribution is 5.87. The van der Waals surface area contributed by atoms with Crippen LogP contribution >= 0.6 is 0 Å². The number of benzene rings is 1. The van der Waals surface area contributed by atoms with Crippen LogP contribution in [0.4, 0.5) is 0 Å². The second kappa shape index (κ2) is 9.20. The third kappa shape index (κ3) is 6.26. The van der Waals surface area contributed by atoms with Crippen LogP contribution in [0, 0.1) is 0 Å². The molecule has 1 rings (SSSR count). The molecule has 1 aromatic rings. The van der Waals surface area contributed by atoms with E-state index >= 15 is 0 Å². The standard InChI is InChI=1S/C17H26N2O3/c1-12(2)18-15(11-10-14-8-6-5-7-9-14)16(20)19-13(3)17(21)22-4/h5-9,12-13,15,18H,10-11H2,1-4H3,(H,19,20)/t13-,15+/m0/s1. The molecule has 0 aromatic heterocycles. The number of rotatable bonds is 8. The Morgan fingerprint density at radius 1 is 1.14 bits per heavy atom. The Hall–Kier alpha value is -1.88. The lowest BCUT2D eigenvalue weighted by atomic mass is 10.0. The summed E-state index contributed by atoms with van der Waals surface area (Å²) >= 11 is 0. The van der Waals surface area contributed by atoms with Crippen molar-refractivity contribution < 1.29 is 14.3 Å². The summed E-state index contributed by atoms with van der Waals surface area (Å²) in [6.45, 7) is 5.60. The van der Waals surface area contributed by atoms with Gasteiger partial charge in [-0.2, -0.15) is 0 Å². The molecule has 0 saturated carbocycles. The van der Waals surface area contributed by atoms with E-state index in [9.17, 15) is 9.59 Å². The van der Waals surface area contributed by atoms with Gasteiger partial charge in [0.2, 0.25) is 5.91 Å². The number of carbonyl (C=O) groups is 2. The third-order valence-electron chi connectivity index (χ3n) is 3.33. The van der Waals surface area contributed by atoms with Crippen LogP contribution in [0.1, 0.15) is 32.8 Å². The fourth-order valence-electron chi connectivity index (χ4n) is 2.20. The minimum atomic E-state index is -0.648. The molecule has 2 N–H and O–H groups in total. The van der Waals surface area contributed by atoms with Crippen molar-refractivity contribution in [1.82, 2.24) is 10.6 Å². The molecule has 1 aromatic carbocycles. The lowest BCUT2D eigenvalue weighted by Gasteiger charge is -2.22. The molecule has 5 heteroatoms. The number of carbonyl (C=O) groups excluding carboxylic acids is 2. The average Bonchev–Trinajstić information content (AvgIpc) is 2.51. The molecular formula is C17H26N2O3. The van der Waals surface area contributed by atoms with Crippen LogP contribution in [0.25, 0.3) is 0 Å². The summed E-state index contributed by atoms with van der Waals surface area (Å²) < 4.78 is 4.63. The molecule has 2 atom stereocenters. The number of methoxy groups -OCH3 is 1. The summed E-state index contributed by atoms with van der Waals surface area (Å²) in [6, 6.07) is 9.22. The van der Waals surface area contributed by atoms with Gasteiger partial charge in [0.1, 0.15) is 6.04 Å². The first kappa shape index (κ1) is 18.2. The second-order valence-electron chi connectivity index (χ2n) is 5.65. The molecule has 1 amide bonds. The van der Waals surface area contributed by atoms with Crippen molar-refractivity contribution in [2.24, 2.45) is 0 Å². The summed E-state index contributed by atoms with van der Waals surface area (Å²) in [5.41, 5.74) is 1.19. The zero-order valence-corrected chi connectivity index (χ0v) is 13.8. The largest absolute Gasteiger partial charge is 0.467 e. The van der Waals surface area contributed by atoms with Crippen molar-refractivity contribution >= 4 is 11.9 Å². The molecule has 0 unspecified atom stereocenters. The highest BCUT2D eigenvalue weighted by Gasteiger charge is 2.23. The van der Waals surface area contributed by atoms with E-state index in [-0.39, 0.29) is 18.0 Å². The maximum atomic E-state index is 12.3. The van der Waals surface area contributed by atoms with Gasteiger partial charge >= 0.3 is 5.97 Å². The molecule has 0 aliphatic heterocycles. The molecule has 0 radical (unpaired) electrons. The predicted molar refractivity (Wildman–Crippen MR) is 86.4 cm³/mol. The highest BCUT2D eigenvalue weighted by atomic mass is 16.5. The molecule has 0 heterocycles. The van der Waals surface area contributed by atoms with Crippen molar-refractivity contribution in [3.8, 4) is 0 Å². The van der Waals surface area contributed by atoms with Crippen molar-refractivity contribution in [1.29, 1.82) is 0 Å². The van der Waals surface area contributed by atoms with Crippen molar-refractivity contribution in [2.75, 3.05) is 7.11 Å². The second-order valence-corrected chi connectivity index (χ2v) is 5.65. The van der Waals surface area contributed by atoms with E-state index in [1.54, 1.807) is 6.92 Å². The zero-order chi connectivity index (χ0) is 16.5. The lowest BCUT2D eigenvalue weighted by molar-refractivity contribution is -0.144. The Kier molecular flexibility index (Phi) is 7.60. The van der Waals surface area contributed by atoms with Gasteiger partial charge in [0, 0.05) is 6.04 Å². The van der Waals surface area contributed by atoms with Crippen LogP contribution in [0.3, 0.4) is 0 Å². The Labute approximate surface area is 132 Å². The maximum absolute atomic E-state index is 12.3. The molecular weight excluding hydrogens is 280 g/mol. The zero-order valence-electron chi connectivity index (χ0n) is 13.8. The number of ether oxygens (including phenoxy) is 1. The van der Waals surface area contributed by atoms with Gasteiger partial charge in [0.25, 0.3) is 0 Å². The van der Waals surface area contributed by atoms with Crippen molar-refractivity contribution in [3.63, 3.8) is 0 Å². The average molecular weight is 306 g/mol. The Morgan fingerprint density at radius 3 is 2.32 bits per heavy atom. The fraction of sp³-hybridized carbons (Fsp3) is 0.529. The number of esters is 1. The van der Waals surface area contributed by atoms with Gasteiger partial charge < -0.3 is 15.4 Å². The predicted octanol–water partition coefficient (Wildman–Crippen LogP) is 1.66. The number of amides is 1. The molecule has 0 aliphatic carbocycles. The van der Waals surface area contributed by atoms with Gasteiger partial charge in [-0.1, -0.05) is 44.2 Å². The Morgan fingerprint density at radius 2 is 1.77 bits per heavy atom. The molecule has 0 spiro atoms. The quantitative estimate of drug-likeness (QED) is 0.717. The first-order chi connectivity index (χ1) is 10.4.